The molecule has 0 spiro atoms. The molecule has 2 aromatic carbocycles. The fraction of sp³-hybridized carbons (Fsp3) is 0.192. The minimum Gasteiger partial charge on any atom is -0.384 e. The molecule has 0 saturated carbocycles. The van der Waals surface area contributed by atoms with Crippen LogP contribution >= 0.6 is 23.1 Å². The molecule has 1 amide bonds. The first-order valence-corrected chi connectivity index (χ1v) is 13.8. The maximum Gasteiger partial charge on any atom is 0.271 e. The van der Waals surface area contributed by atoms with Crippen LogP contribution in [-0.4, -0.2) is 32.6 Å². The van der Waals surface area contributed by atoms with Crippen LogP contribution in [0.1, 0.15) is 30.7 Å². The number of hydrogen-bond donors (Lipinski definition) is 2. The number of nitro groups is 1. The number of allylic oxidation sites excluding steroid dienone is 3. The van der Waals surface area contributed by atoms with E-state index in [4.69, 9.17) is 5.73 Å². The average molecular weight is 578 g/mol. The molecule has 1 aromatic heterocycles. The molecule has 11 nitrogen and oxygen atoms in total. The Morgan fingerprint density at radius 3 is 2.77 bits per heavy atom. The Kier molecular flexibility index (Phi) is 7.58. The van der Waals surface area contributed by atoms with Crippen molar-refractivity contribution in [1.82, 2.24) is 10.2 Å². The van der Waals surface area contributed by atoms with Gasteiger partial charge in [-0.05, 0) is 36.6 Å². The molecule has 3 aromatic rings. The van der Waals surface area contributed by atoms with Crippen molar-refractivity contribution in [3.8, 4) is 6.07 Å². The molecule has 0 bridgehead atoms. The van der Waals surface area contributed by atoms with Gasteiger partial charge in [-0.15, -0.1) is 10.2 Å². The molecule has 1 atom stereocenters. The molecule has 2 heterocycles. The van der Waals surface area contributed by atoms with Crippen LogP contribution < -0.4 is 16.0 Å². The van der Waals surface area contributed by atoms with Gasteiger partial charge in [-0.1, -0.05) is 41.3 Å². The highest BCUT2D eigenvalue weighted by molar-refractivity contribution is 8.01. The Morgan fingerprint density at radius 2 is 2.05 bits per heavy atom. The Morgan fingerprint density at radius 1 is 1.27 bits per heavy atom. The summed E-state index contributed by atoms with van der Waals surface area (Å²) < 4.78 is 14.1. The molecule has 0 radical (unpaired) electrons. The number of non-ortho nitro benzene ring substituents is 1. The monoisotopic (exact) mass is 577 g/mol. The second kappa shape index (κ2) is 11.2. The third-order valence-electron chi connectivity index (χ3n) is 6.37. The summed E-state index contributed by atoms with van der Waals surface area (Å²) in [6.07, 6.45) is 1.43. The van der Waals surface area contributed by atoms with Crippen molar-refractivity contribution < 1.29 is 18.9 Å². The van der Waals surface area contributed by atoms with Gasteiger partial charge in [0.1, 0.15) is 11.6 Å². The third-order valence-corrected chi connectivity index (χ3v) is 8.41. The number of anilines is 2. The van der Waals surface area contributed by atoms with E-state index in [0.29, 0.717) is 51.3 Å². The van der Waals surface area contributed by atoms with Crippen LogP contribution in [0, 0.1) is 27.3 Å². The molecular formula is C26H20FN7O4S2. The lowest BCUT2D eigenvalue weighted by Crippen LogP contribution is -2.38. The number of hydrogen-bond acceptors (Lipinski definition) is 11. The van der Waals surface area contributed by atoms with Crippen LogP contribution in [0.2, 0.25) is 0 Å². The maximum atomic E-state index is 13.6. The van der Waals surface area contributed by atoms with Crippen molar-refractivity contribution in [1.29, 1.82) is 5.26 Å². The quantitative estimate of drug-likeness (QED) is 0.230. The van der Waals surface area contributed by atoms with Gasteiger partial charge >= 0.3 is 0 Å². The minimum absolute atomic E-state index is 0.0365. The van der Waals surface area contributed by atoms with E-state index in [1.807, 2.05) is 0 Å². The summed E-state index contributed by atoms with van der Waals surface area (Å²) in [4.78, 5) is 37.6. The average Bonchev–Trinajstić information content (AvgIpc) is 3.40. The molecule has 3 N–H and O–H groups in total. The predicted octanol–water partition coefficient (Wildman–Crippen LogP) is 4.62. The number of nitriles is 1. The summed E-state index contributed by atoms with van der Waals surface area (Å²) in [6, 6.07) is 13.4. The van der Waals surface area contributed by atoms with Gasteiger partial charge in [-0.3, -0.25) is 24.6 Å². The zero-order chi connectivity index (χ0) is 28.4. The first-order chi connectivity index (χ1) is 19.3. The molecule has 1 aliphatic carbocycles. The van der Waals surface area contributed by atoms with E-state index in [2.05, 4.69) is 21.6 Å². The number of Topliss-reactive ketones (excluding diaryl/α,β-unsaturated/α-hetero) is 1. The Balaban J connectivity index is 1.39. The lowest BCUT2D eigenvalue weighted by atomic mass is 9.76. The third kappa shape index (κ3) is 5.29. The van der Waals surface area contributed by atoms with Crippen molar-refractivity contribution in [3.63, 3.8) is 0 Å². The van der Waals surface area contributed by atoms with E-state index < -0.39 is 22.6 Å². The number of thioether (sulfide) groups is 1. The van der Waals surface area contributed by atoms with Gasteiger partial charge in [0.15, 0.2) is 10.1 Å². The minimum atomic E-state index is -0.719. The molecular weight excluding hydrogens is 557 g/mol. The van der Waals surface area contributed by atoms with E-state index in [0.717, 1.165) is 23.1 Å². The SMILES string of the molecule is N#CC1=C(N)N(c2nnc(SCC(=O)Nc3cccc([N+](=O)[O-])c3)s2)C2=C(C(=O)CCC2)C1c1ccc(F)cc1. The van der Waals surface area contributed by atoms with Gasteiger partial charge in [0.25, 0.3) is 5.69 Å². The molecule has 2 aliphatic rings. The number of halogens is 1. The molecule has 1 unspecified atom stereocenters. The summed E-state index contributed by atoms with van der Waals surface area (Å²) in [7, 11) is 0. The predicted molar refractivity (Wildman–Crippen MR) is 147 cm³/mol. The normalized spacial score (nSPS) is 16.9. The fourth-order valence-corrected chi connectivity index (χ4v) is 6.35. The standard InChI is InChI=1S/C26H20FN7O4S2/c27-15-9-7-14(8-10-15)22-18(12-28)24(29)33(19-5-2-6-20(35)23(19)22)25-31-32-26(40-25)39-13-21(36)30-16-3-1-4-17(11-16)34(37)38/h1,3-4,7-11,22H,2,5-6,13,29H2,(H,30,36). The number of aromatic nitrogens is 2. The first kappa shape index (κ1) is 27.0. The van der Waals surface area contributed by atoms with Gasteiger partial charge in [-0.2, -0.15) is 5.26 Å². The number of amides is 1. The van der Waals surface area contributed by atoms with E-state index in [1.165, 1.54) is 30.3 Å². The number of benzene rings is 2. The molecule has 0 saturated heterocycles. The zero-order valence-corrected chi connectivity index (χ0v) is 22.3. The van der Waals surface area contributed by atoms with Crippen LogP contribution in [0.15, 0.2) is 75.5 Å². The maximum absolute atomic E-state index is 13.6. The van der Waals surface area contributed by atoms with E-state index in [9.17, 15) is 29.4 Å². The number of carbonyl (C=O) groups excluding carboxylic acids is 2. The summed E-state index contributed by atoms with van der Waals surface area (Å²) in [5.74, 6) is -1.58. The largest absolute Gasteiger partial charge is 0.384 e. The Bertz CT molecular complexity index is 1630. The number of ketones is 1. The first-order valence-electron chi connectivity index (χ1n) is 12.0. The molecule has 14 heteroatoms. The van der Waals surface area contributed by atoms with Crippen LogP contribution in [0.3, 0.4) is 0 Å². The number of nitro benzene ring substituents is 1. The van der Waals surface area contributed by atoms with Crippen molar-refractivity contribution in [2.24, 2.45) is 5.73 Å². The number of nitrogens with two attached hydrogens (primary N) is 1. The summed E-state index contributed by atoms with van der Waals surface area (Å²) in [5.41, 5.74) is 8.47. The smallest absolute Gasteiger partial charge is 0.271 e. The summed E-state index contributed by atoms with van der Waals surface area (Å²) in [5, 5.41) is 32.4. The number of carbonyl (C=O) groups is 2. The van der Waals surface area contributed by atoms with Crippen molar-refractivity contribution in [2.75, 3.05) is 16.0 Å². The molecule has 5 rings (SSSR count). The van der Waals surface area contributed by atoms with Crippen molar-refractivity contribution >= 4 is 51.3 Å². The van der Waals surface area contributed by atoms with Crippen molar-refractivity contribution in [2.45, 2.75) is 29.5 Å². The van der Waals surface area contributed by atoms with Gasteiger partial charge in [0, 0.05) is 35.5 Å². The lowest BCUT2D eigenvalue weighted by molar-refractivity contribution is -0.384. The zero-order valence-electron chi connectivity index (χ0n) is 20.7. The number of nitrogens with zero attached hydrogens (tertiary/aromatic N) is 5. The van der Waals surface area contributed by atoms with Crippen molar-refractivity contribution in [3.05, 3.63) is 92.7 Å². The molecule has 202 valence electrons. The fourth-order valence-electron chi connectivity index (χ4n) is 4.67. The van der Waals surface area contributed by atoms with Crippen LogP contribution in [0.25, 0.3) is 0 Å². The highest BCUT2D eigenvalue weighted by Crippen LogP contribution is 2.47. The summed E-state index contributed by atoms with van der Waals surface area (Å²) >= 11 is 2.26. The molecule has 40 heavy (non-hydrogen) atoms. The number of rotatable bonds is 7. The highest BCUT2D eigenvalue weighted by Gasteiger charge is 2.41. The van der Waals surface area contributed by atoms with Crippen LogP contribution in [0.5, 0.6) is 0 Å². The summed E-state index contributed by atoms with van der Waals surface area (Å²) in [6.45, 7) is 0. The van der Waals surface area contributed by atoms with Crippen LogP contribution in [0.4, 0.5) is 20.9 Å². The lowest BCUT2D eigenvalue weighted by Gasteiger charge is -2.38. The van der Waals surface area contributed by atoms with E-state index >= 15 is 0 Å². The second-order valence-electron chi connectivity index (χ2n) is 8.86. The van der Waals surface area contributed by atoms with Gasteiger partial charge in [-0.25, -0.2) is 4.39 Å². The second-order valence-corrected chi connectivity index (χ2v) is 11.0. The Labute approximate surface area is 235 Å². The highest BCUT2D eigenvalue weighted by atomic mass is 32.2. The topological polar surface area (TPSA) is 168 Å². The van der Waals surface area contributed by atoms with Gasteiger partial charge < -0.3 is 11.1 Å². The van der Waals surface area contributed by atoms with E-state index in [-0.39, 0.29) is 28.6 Å². The van der Waals surface area contributed by atoms with Crippen LogP contribution in [-0.2, 0) is 9.59 Å². The van der Waals surface area contributed by atoms with Gasteiger partial charge in [0.05, 0.1) is 28.2 Å². The number of nitrogens with one attached hydrogen (secondary N) is 1. The Hall–Kier alpha value is -4.61. The van der Waals surface area contributed by atoms with E-state index in [1.54, 1.807) is 23.1 Å². The molecule has 0 fully saturated rings. The molecule has 1 aliphatic heterocycles. The van der Waals surface area contributed by atoms with Gasteiger partial charge in [0.2, 0.25) is 11.0 Å².